The number of hydrogen-bond acceptors (Lipinski definition) is 6. The van der Waals surface area contributed by atoms with Gasteiger partial charge in [0.05, 0.1) is 6.26 Å². The molecule has 0 spiro atoms. The minimum absolute atomic E-state index is 0.112. The first-order valence-corrected chi connectivity index (χ1v) is 7.30. The molecule has 15 heavy (non-hydrogen) atoms. The average Bonchev–Trinajstić information content (AvgIpc) is 2.81. The van der Waals surface area contributed by atoms with Crippen molar-refractivity contribution in [2.75, 3.05) is 12.9 Å². The fraction of sp³-hybridized carbons (Fsp3) is 0.875. The number of carbonyl (C=O) groups excluding carboxylic acids is 1. The molecule has 0 bridgehead atoms. The molecule has 1 aliphatic rings. The third kappa shape index (κ3) is 6.75. The van der Waals surface area contributed by atoms with Gasteiger partial charge in [-0.3, -0.25) is 8.98 Å². The Balaban J connectivity index is 2.36. The van der Waals surface area contributed by atoms with Crippen molar-refractivity contribution in [3.63, 3.8) is 0 Å². The van der Waals surface area contributed by atoms with E-state index in [1.165, 1.54) is 18.7 Å². The minimum Gasteiger partial charge on any atom is -0.449 e. The summed E-state index contributed by atoms with van der Waals surface area (Å²) in [6.07, 6.45) is 3.14. The molecule has 0 amide bonds. The van der Waals surface area contributed by atoms with Gasteiger partial charge in [-0.25, -0.2) is 0 Å². The second-order valence-corrected chi connectivity index (χ2v) is 6.47. The fourth-order valence-corrected chi connectivity index (χ4v) is 2.52. The lowest BCUT2D eigenvalue weighted by Gasteiger charge is -2.15. The molecule has 1 fully saturated rings. The molecule has 1 unspecified atom stereocenters. The van der Waals surface area contributed by atoms with Crippen LogP contribution in [0.2, 0.25) is 0 Å². The number of esters is 1. The number of hydrogen-bond donors (Lipinski definition) is 0. The molecular weight excluding hydrogens is 240 g/mol. The topological polar surface area (TPSA) is 69.7 Å². The van der Waals surface area contributed by atoms with Crippen LogP contribution in [0.3, 0.4) is 0 Å². The Morgan fingerprint density at radius 1 is 1.53 bits per heavy atom. The van der Waals surface area contributed by atoms with Crippen LogP contribution >= 0.6 is 11.8 Å². The van der Waals surface area contributed by atoms with Crippen molar-refractivity contribution in [2.24, 2.45) is 0 Å². The standard InChI is InChI=1S/C8H14O5S2/c1-6(9)13-8(14-7-3-4-7)5-12-15(2,10)11/h7-8H,3-5H2,1-2H3. The van der Waals surface area contributed by atoms with E-state index < -0.39 is 21.5 Å². The third-order valence-corrected chi connectivity index (χ3v) is 3.54. The van der Waals surface area contributed by atoms with Crippen LogP contribution in [0, 0.1) is 0 Å². The van der Waals surface area contributed by atoms with Crippen LogP contribution in [0.1, 0.15) is 19.8 Å². The van der Waals surface area contributed by atoms with Crippen LogP contribution in [-0.2, 0) is 23.8 Å². The molecule has 0 aliphatic heterocycles. The summed E-state index contributed by atoms with van der Waals surface area (Å²) < 4.78 is 31.0. The molecule has 0 radical (unpaired) electrons. The minimum atomic E-state index is -3.47. The van der Waals surface area contributed by atoms with E-state index in [4.69, 9.17) is 4.74 Å². The molecule has 0 aromatic carbocycles. The van der Waals surface area contributed by atoms with Gasteiger partial charge in [0.1, 0.15) is 6.61 Å². The van der Waals surface area contributed by atoms with E-state index in [9.17, 15) is 13.2 Å². The summed E-state index contributed by atoms with van der Waals surface area (Å²) in [6.45, 7) is 1.18. The van der Waals surface area contributed by atoms with Gasteiger partial charge in [0.2, 0.25) is 0 Å². The van der Waals surface area contributed by atoms with Gasteiger partial charge in [-0.05, 0) is 12.8 Å². The van der Waals surface area contributed by atoms with Crippen LogP contribution in [0.5, 0.6) is 0 Å². The van der Waals surface area contributed by atoms with E-state index in [-0.39, 0.29) is 6.61 Å². The molecule has 1 saturated carbocycles. The highest BCUT2D eigenvalue weighted by molar-refractivity contribution is 8.00. The van der Waals surface area contributed by atoms with Crippen LogP contribution in [0.4, 0.5) is 0 Å². The first-order chi connectivity index (χ1) is 6.87. The summed E-state index contributed by atoms with van der Waals surface area (Å²) in [4.78, 5) is 10.7. The lowest BCUT2D eigenvalue weighted by atomic mass is 10.7. The fourth-order valence-electron chi connectivity index (χ4n) is 0.884. The van der Waals surface area contributed by atoms with Crippen LogP contribution in [-0.4, -0.2) is 37.9 Å². The number of rotatable bonds is 6. The van der Waals surface area contributed by atoms with Crippen molar-refractivity contribution >= 4 is 27.8 Å². The van der Waals surface area contributed by atoms with E-state index in [0.29, 0.717) is 5.25 Å². The third-order valence-electron chi connectivity index (χ3n) is 1.58. The zero-order chi connectivity index (χ0) is 11.5. The number of thioether (sulfide) groups is 1. The first kappa shape index (κ1) is 12.8. The van der Waals surface area contributed by atoms with E-state index in [0.717, 1.165) is 19.1 Å². The Hall–Kier alpha value is -0.270. The van der Waals surface area contributed by atoms with Gasteiger partial charge in [-0.2, -0.15) is 8.42 Å². The Morgan fingerprint density at radius 2 is 2.13 bits per heavy atom. The van der Waals surface area contributed by atoms with E-state index in [2.05, 4.69) is 4.18 Å². The maximum absolute atomic E-state index is 10.8. The summed E-state index contributed by atoms with van der Waals surface area (Å²) in [5.74, 6) is -0.426. The SMILES string of the molecule is CC(=O)OC(COS(C)(=O)=O)SC1CC1. The first-order valence-electron chi connectivity index (χ1n) is 4.54. The largest absolute Gasteiger partial charge is 0.449 e. The average molecular weight is 254 g/mol. The van der Waals surface area contributed by atoms with Crippen LogP contribution in [0.25, 0.3) is 0 Å². The smallest absolute Gasteiger partial charge is 0.303 e. The molecule has 0 aromatic rings. The molecule has 0 heterocycles. The maximum Gasteiger partial charge on any atom is 0.303 e. The summed E-state index contributed by atoms with van der Waals surface area (Å²) in [6, 6.07) is 0. The lowest BCUT2D eigenvalue weighted by molar-refractivity contribution is -0.143. The van der Waals surface area contributed by atoms with Crippen molar-refractivity contribution in [3.8, 4) is 0 Å². The van der Waals surface area contributed by atoms with Crippen molar-refractivity contribution < 1.29 is 22.1 Å². The van der Waals surface area contributed by atoms with Gasteiger partial charge < -0.3 is 4.74 Å². The normalized spacial score (nSPS) is 18.5. The molecule has 0 aromatic heterocycles. The lowest BCUT2D eigenvalue weighted by Crippen LogP contribution is -2.21. The summed E-state index contributed by atoms with van der Waals surface area (Å²) in [7, 11) is -3.47. The zero-order valence-electron chi connectivity index (χ0n) is 8.63. The molecule has 0 saturated heterocycles. The Morgan fingerprint density at radius 3 is 2.53 bits per heavy atom. The quantitative estimate of drug-likeness (QED) is 0.396. The molecule has 7 heteroatoms. The van der Waals surface area contributed by atoms with Gasteiger partial charge in [0.15, 0.2) is 5.44 Å². The van der Waals surface area contributed by atoms with Crippen LogP contribution < -0.4 is 0 Å². The molecule has 1 rings (SSSR count). The highest BCUT2D eigenvalue weighted by Gasteiger charge is 2.28. The van der Waals surface area contributed by atoms with Gasteiger partial charge >= 0.3 is 5.97 Å². The Labute approximate surface area is 93.6 Å². The maximum atomic E-state index is 10.8. The zero-order valence-corrected chi connectivity index (χ0v) is 10.3. The highest BCUT2D eigenvalue weighted by atomic mass is 32.2. The van der Waals surface area contributed by atoms with Crippen molar-refractivity contribution in [2.45, 2.75) is 30.5 Å². The highest BCUT2D eigenvalue weighted by Crippen LogP contribution is 2.37. The van der Waals surface area contributed by atoms with E-state index >= 15 is 0 Å². The van der Waals surface area contributed by atoms with Crippen molar-refractivity contribution in [1.29, 1.82) is 0 Å². The Bertz CT molecular complexity index is 320. The summed E-state index contributed by atoms with van der Waals surface area (Å²) in [5.41, 5.74) is -0.523. The van der Waals surface area contributed by atoms with Crippen molar-refractivity contribution in [1.82, 2.24) is 0 Å². The predicted octanol–water partition coefficient (Wildman–Crippen LogP) is 0.747. The molecule has 0 N–H and O–H groups in total. The van der Waals surface area contributed by atoms with Gasteiger partial charge in [-0.1, -0.05) is 0 Å². The molecular formula is C8H14O5S2. The molecule has 1 aliphatic carbocycles. The van der Waals surface area contributed by atoms with Crippen molar-refractivity contribution in [3.05, 3.63) is 0 Å². The summed E-state index contributed by atoms with van der Waals surface area (Å²) >= 11 is 1.45. The van der Waals surface area contributed by atoms with Gasteiger partial charge in [0.25, 0.3) is 10.1 Å². The van der Waals surface area contributed by atoms with Gasteiger partial charge in [0, 0.05) is 12.2 Å². The van der Waals surface area contributed by atoms with Crippen LogP contribution in [0.15, 0.2) is 0 Å². The summed E-state index contributed by atoms with van der Waals surface area (Å²) in [5, 5.41) is 0.470. The Kier molecular flexibility index (Phi) is 4.42. The van der Waals surface area contributed by atoms with Gasteiger partial charge in [-0.15, -0.1) is 11.8 Å². The molecule has 88 valence electrons. The second-order valence-electron chi connectivity index (χ2n) is 3.36. The molecule has 5 nitrogen and oxygen atoms in total. The van der Waals surface area contributed by atoms with E-state index in [1.807, 2.05) is 0 Å². The number of carbonyl (C=O) groups is 1. The predicted molar refractivity (Wildman–Crippen MR) is 57.0 cm³/mol. The molecule has 1 atom stereocenters. The second kappa shape index (κ2) is 5.18. The van der Waals surface area contributed by atoms with E-state index in [1.54, 1.807) is 0 Å². The number of ether oxygens (including phenoxy) is 1. The monoisotopic (exact) mass is 254 g/mol.